The Morgan fingerprint density at radius 3 is 1.52 bits per heavy atom. The minimum atomic E-state index is -1.17. The molecule has 0 saturated heterocycles. The summed E-state index contributed by atoms with van der Waals surface area (Å²) in [7, 11) is 0. The summed E-state index contributed by atoms with van der Waals surface area (Å²) in [6.07, 6.45) is 0. The third kappa shape index (κ3) is 3.25. The molecular weight excluding hydrogens is 323 g/mol. The van der Waals surface area contributed by atoms with Crippen LogP contribution in [0.25, 0.3) is 0 Å². The lowest BCUT2D eigenvalue weighted by Crippen LogP contribution is -2.14. The van der Waals surface area contributed by atoms with Crippen LogP contribution in [-0.4, -0.2) is 0 Å². The first-order valence-corrected chi connectivity index (χ1v) is 7.96. The summed E-state index contributed by atoms with van der Waals surface area (Å²) in [5.41, 5.74) is 2.83. The molecule has 0 unspecified atom stereocenters. The Labute approximate surface area is 145 Å². The van der Waals surface area contributed by atoms with Gasteiger partial charge in [0.1, 0.15) is 5.82 Å². The molecule has 25 heavy (non-hydrogen) atoms. The van der Waals surface area contributed by atoms with Crippen LogP contribution in [0.3, 0.4) is 0 Å². The van der Waals surface area contributed by atoms with Gasteiger partial charge in [-0.15, -0.1) is 0 Å². The number of hydrogen-bond donors (Lipinski definition) is 0. The third-order valence-corrected chi connectivity index (χ3v) is 4.19. The van der Waals surface area contributed by atoms with E-state index < -0.39 is 17.5 Å². The van der Waals surface area contributed by atoms with Crippen molar-refractivity contribution in [1.82, 2.24) is 0 Å². The van der Waals surface area contributed by atoms with Gasteiger partial charge < -0.3 is 4.90 Å². The number of halogens is 3. The molecule has 0 bridgehead atoms. The molecule has 0 spiro atoms. The Kier molecular flexibility index (Phi) is 4.53. The molecule has 0 aromatic heterocycles. The van der Waals surface area contributed by atoms with Gasteiger partial charge in [0.2, 0.25) is 0 Å². The summed E-state index contributed by atoms with van der Waals surface area (Å²) in [6, 6.07) is 15.7. The first-order chi connectivity index (χ1) is 11.9. The van der Waals surface area contributed by atoms with E-state index in [2.05, 4.69) is 0 Å². The lowest BCUT2D eigenvalue weighted by Gasteiger charge is -2.26. The van der Waals surface area contributed by atoms with Crippen molar-refractivity contribution < 1.29 is 13.2 Å². The second kappa shape index (κ2) is 6.63. The monoisotopic (exact) mass is 341 g/mol. The van der Waals surface area contributed by atoms with Crippen LogP contribution >= 0.6 is 0 Å². The van der Waals surface area contributed by atoms with Crippen LogP contribution in [0.4, 0.5) is 30.2 Å². The van der Waals surface area contributed by atoms with Gasteiger partial charge in [0.15, 0.2) is 11.6 Å². The average Bonchev–Trinajstić information content (AvgIpc) is 2.61. The lowest BCUT2D eigenvalue weighted by molar-refractivity contribution is 0.488. The maximum Gasteiger partial charge on any atom is 0.183 e. The molecule has 0 N–H and O–H groups in total. The highest BCUT2D eigenvalue weighted by molar-refractivity contribution is 5.77. The highest BCUT2D eigenvalue weighted by Gasteiger charge is 2.22. The first-order valence-electron chi connectivity index (χ1n) is 7.96. The van der Waals surface area contributed by atoms with Gasteiger partial charge in [-0.3, -0.25) is 0 Å². The molecule has 0 aliphatic rings. The van der Waals surface area contributed by atoms with E-state index >= 15 is 0 Å². The summed E-state index contributed by atoms with van der Waals surface area (Å²) in [6.45, 7) is 5.09. The Morgan fingerprint density at radius 1 is 0.640 bits per heavy atom. The van der Waals surface area contributed by atoms with Gasteiger partial charge in [-0.25, -0.2) is 13.2 Å². The molecule has 4 heteroatoms. The number of hydrogen-bond acceptors (Lipinski definition) is 1. The van der Waals surface area contributed by atoms with Gasteiger partial charge in [0, 0.05) is 23.0 Å². The molecule has 0 amide bonds. The molecule has 0 saturated carbocycles. The molecule has 0 aliphatic carbocycles. The van der Waals surface area contributed by atoms with E-state index in [0.29, 0.717) is 11.4 Å². The molecule has 0 aliphatic heterocycles. The van der Waals surface area contributed by atoms with Crippen molar-refractivity contribution in [3.8, 4) is 0 Å². The second-order valence-corrected chi connectivity index (χ2v) is 6.14. The predicted octanol–water partition coefficient (Wildman–Crippen LogP) is 6.50. The largest absolute Gasteiger partial charge is 0.307 e. The van der Waals surface area contributed by atoms with Crippen molar-refractivity contribution in [3.63, 3.8) is 0 Å². The summed E-state index contributed by atoms with van der Waals surface area (Å²) in [5.74, 6) is -3.02. The van der Waals surface area contributed by atoms with Gasteiger partial charge in [0.25, 0.3) is 0 Å². The SMILES string of the molecule is Cc1ccc(N(c2ccc(C)cc2)c2cc(F)c(C)c(F)c2F)cc1. The van der Waals surface area contributed by atoms with Crippen molar-refractivity contribution >= 4 is 17.1 Å². The molecule has 3 aromatic rings. The molecule has 0 fully saturated rings. The third-order valence-electron chi connectivity index (χ3n) is 4.19. The zero-order chi connectivity index (χ0) is 18.1. The highest BCUT2D eigenvalue weighted by atomic mass is 19.2. The molecule has 0 radical (unpaired) electrons. The highest BCUT2D eigenvalue weighted by Crippen LogP contribution is 2.38. The minimum absolute atomic E-state index is 0.159. The van der Waals surface area contributed by atoms with Crippen LogP contribution in [0.5, 0.6) is 0 Å². The zero-order valence-corrected chi connectivity index (χ0v) is 14.3. The van der Waals surface area contributed by atoms with Gasteiger partial charge in [-0.2, -0.15) is 0 Å². The van der Waals surface area contributed by atoms with Crippen molar-refractivity contribution in [2.45, 2.75) is 20.8 Å². The summed E-state index contributed by atoms with van der Waals surface area (Å²) in [5, 5.41) is 0. The fourth-order valence-corrected chi connectivity index (χ4v) is 2.65. The smallest absolute Gasteiger partial charge is 0.183 e. The van der Waals surface area contributed by atoms with E-state index in [1.807, 2.05) is 38.1 Å². The molecule has 1 nitrogen and oxygen atoms in total. The topological polar surface area (TPSA) is 3.24 Å². The van der Waals surface area contributed by atoms with Crippen molar-refractivity contribution in [2.75, 3.05) is 4.90 Å². The van der Waals surface area contributed by atoms with Crippen molar-refractivity contribution in [2.24, 2.45) is 0 Å². The maximum absolute atomic E-state index is 14.6. The first kappa shape index (κ1) is 17.1. The number of anilines is 3. The van der Waals surface area contributed by atoms with E-state index in [9.17, 15) is 13.2 Å². The predicted molar refractivity (Wildman–Crippen MR) is 95.2 cm³/mol. The molecule has 3 rings (SSSR count). The lowest BCUT2D eigenvalue weighted by atomic mass is 10.1. The van der Waals surface area contributed by atoms with Crippen molar-refractivity contribution in [1.29, 1.82) is 0 Å². The van der Waals surface area contributed by atoms with Crippen LogP contribution in [0, 0.1) is 38.2 Å². The Bertz CT molecular complexity index is 854. The number of benzene rings is 3. The number of aryl methyl sites for hydroxylation is 2. The van der Waals surface area contributed by atoms with E-state index in [4.69, 9.17) is 0 Å². The molecule has 0 heterocycles. The average molecular weight is 341 g/mol. The second-order valence-electron chi connectivity index (χ2n) is 6.14. The van der Waals surface area contributed by atoms with Crippen LogP contribution < -0.4 is 4.90 Å². The van der Waals surface area contributed by atoms with Crippen LogP contribution in [0.2, 0.25) is 0 Å². The zero-order valence-electron chi connectivity index (χ0n) is 14.3. The fraction of sp³-hybridized carbons (Fsp3) is 0.143. The summed E-state index contributed by atoms with van der Waals surface area (Å²) >= 11 is 0. The quantitative estimate of drug-likeness (QED) is 0.492. The van der Waals surface area contributed by atoms with Gasteiger partial charge in [0.05, 0.1) is 5.69 Å². The van der Waals surface area contributed by atoms with Gasteiger partial charge in [-0.1, -0.05) is 35.4 Å². The van der Waals surface area contributed by atoms with E-state index in [1.54, 1.807) is 24.3 Å². The molecular formula is C21H18F3N. The Hall–Kier alpha value is -2.75. The summed E-state index contributed by atoms with van der Waals surface area (Å²) in [4.78, 5) is 1.51. The minimum Gasteiger partial charge on any atom is -0.307 e. The van der Waals surface area contributed by atoms with Gasteiger partial charge in [-0.05, 0) is 45.0 Å². The summed E-state index contributed by atoms with van der Waals surface area (Å²) < 4.78 is 42.9. The maximum atomic E-state index is 14.6. The molecule has 0 atom stereocenters. The molecule has 3 aromatic carbocycles. The van der Waals surface area contributed by atoms with E-state index in [0.717, 1.165) is 17.2 Å². The standard InChI is InChI=1S/C21H18F3N/c1-13-4-8-16(9-5-13)25(17-10-6-14(2)7-11-17)19-12-18(22)15(3)20(23)21(19)24/h4-12H,1-3H3. The number of rotatable bonds is 3. The Morgan fingerprint density at radius 2 is 1.08 bits per heavy atom. The van der Waals surface area contributed by atoms with Crippen LogP contribution in [-0.2, 0) is 0 Å². The van der Waals surface area contributed by atoms with Gasteiger partial charge >= 0.3 is 0 Å². The van der Waals surface area contributed by atoms with Crippen LogP contribution in [0.1, 0.15) is 16.7 Å². The number of nitrogens with zero attached hydrogens (tertiary/aromatic N) is 1. The van der Waals surface area contributed by atoms with Crippen LogP contribution in [0.15, 0.2) is 54.6 Å². The fourth-order valence-electron chi connectivity index (χ4n) is 2.65. The molecule has 128 valence electrons. The van der Waals surface area contributed by atoms with E-state index in [-0.39, 0.29) is 11.3 Å². The van der Waals surface area contributed by atoms with E-state index in [1.165, 1.54) is 11.8 Å². The van der Waals surface area contributed by atoms with Crippen molar-refractivity contribution in [3.05, 3.63) is 88.7 Å². The normalized spacial score (nSPS) is 10.8. The Balaban J connectivity index is 2.25.